The predicted molar refractivity (Wildman–Crippen MR) is 90.6 cm³/mol. The van der Waals surface area contributed by atoms with E-state index >= 15 is 0 Å². The Bertz CT molecular complexity index is 677. The molecule has 1 saturated carbocycles. The number of esters is 1. The first-order valence-corrected chi connectivity index (χ1v) is 8.42. The second-order valence-electron chi connectivity index (χ2n) is 6.40. The number of rotatable bonds is 6. The van der Waals surface area contributed by atoms with E-state index in [4.69, 9.17) is 4.74 Å². The molecule has 1 aromatic rings. The smallest absolute Gasteiger partial charge is 0.338 e. The highest BCUT2D eigenvalue weighted by molar-refractivity contribution is 5.89. The van der Waals surface area contributed by atoms with Crippen LogP contribution in [0.5, 0.6) is 0 Å². The van der Waals surface area contributed by atoms with Gasteiger partial charge in [0.05, 0.1) is 10.5 Å². The number of nitro benzene ring substituents is 1. The SMILES string of the molecule is CCCC[C@@H]1[C@H]2C=CC=C[C@@H]2[C@H]1OC(=O)c1ccc([N+](=O)[O-])cc1. The van der Waals surface area contributed by atoms with Gasteiger partial charge in [-0.15, -0.1) is 0 Å². The minimum atomic E-state index is -0.481. The van der Waals surface area contributed by atoms with Crippen molar-refractivity contribution in [3.05, 3.63) is 64.2 Å². The maximum atomic E-state index is 12.4. The van der Waals surface area contributed by atoms with Gasteiger partial charge < -0.3 is 4.74 Å². The molecule has 5 nitrogen and oxygen atoms in total. The van der Waals surface area contributed by atoms with Crippen LogP contribution >= 0.6 is 0 Å². The third-order valence-electron chi connectivity index (χ3n) is 4.97. The summed E-state index contributed by atoms with van der Waals surface area (Å²) in [4.78, 5) is 22.6. The lowest BCUT2D eigenvalue weighted by atomic mass is 9.59. The monoisotopic (exact) mass is 327 g/mol. The van der Waals surface area contributed by atoms with Crippen molar-refractivity contribution < 1.29 is 14.5 Å². The van der Waals surface area contributed by atoms with Gasteiger partial charge in [0.1, 0.15) is 6.10 Å². The van der Waals surface area contributed by atoms with E-state index < -0.39 is 10.9 Å². The van der Waals surface area contributed by atoms with E-state index in [0.29, 0.717) is 17.4 Å². The predicted octanol–water partition coefficient (Wildman–Crippen LogP) is 4.30. The summed E-state index contributed by atoms with van der Waals surface area (Å²) in [5.41, 5.74) is 0.324. The fraction of sp³-hybridized carbons (Fsp3) is 0.421. The fourth-order valence-corrected chi connectivity index (χ4v) is 3.63. The zero-order chi connectivity index (χ0) is 17.1. The highest BCUT2D eigenvalue weighted by Gasteiger charge is 2.50. The summed E-state index contributed by atoms with van der Waals surface area (Å²) < 4.78 is 5.76. The van der Waals surface area contributed by atoms with Crippen molar-refractivity contribution in [3.8, 4) is 0 Å². The van der Waals surface area contributed by atoms with Gasteiger partial charge in [-0.25, -0.2) is 4.79 Å². The van der Waals surface area contributed by atoms with Crippen molar-refractivity contribution in [2.45, 2.75) is 32.3 Å². The molecule has 0 unspecified atom stereocenters. The molecule has 0 saturated heterocycles. The number of hydrogen-bond donors (Lipinski definition) is 0. The van der Waals surface area contributed by atoms with E-state index in [2.05, 4.69) is 25.2 Å². The molecule has 0 N–H and O–H groups in total. The number of unbranched alkanes of at least 4 members (excludes halogenated alkanes) is 1. The van der Waals surface area contributed by atoms with Crippen LogP contribution in [-0.4, -0.2) is 17.0 Å². The molecule has 0 heterocycles. The van der Waals surface area contributed by atoms with Gasteiger partial charge in [-0.3, -0.25) is 10.1 Å². The van der Waals surface area contributed by atoms with E-state index in [-0.39, 0.29) is 17.7 Å². The van der Waals surface area contributed by atoms with Crippen LogP contribution in [0.1, 0.15) is 36.5 Å². The average molecular weight is 327 g/mol. The first-order valence-electron chi connectivity index (χ1n) is 8.42. The number of benzene rings is 1. The number of allylic oxidation sites excluding steroid dienone is 3. The van der Waals surface area contributed by atoms with E-state index in [0.717, 1.165) is 19.3 Å². The Morgan fingerprint density at radius 1 is 1.17 bits per heavy atom. The Labute approximate surface area is 141 Å². The molecule has 1 aromatic carbocycles. The lowest BCUT2D eigenvalue weighted by Crippen LogP contribution is -2.52. The highest BCUT2D eigenvalue weighted by atomic mass is 16.6. The molecule has 1 fully saturated rings. The van der Waals surface area contributed by atoms with Gasteiger partial charge in [-0.1, -0.05) is 44.1 Å². The molecule has 0 radical (unpaired) electrons. The van der Waals surface area contributed by atoms with Crippen LogP contribution < -0.4 is 0 Å². The Hall–Kier alpha value is -2.43. The number of fused-ring (bicyclic) bond motifs is 1. The Kier molecular flexibility index (Phi) is 4.79. The summed E-state index contributed by atoms with van der Waals surface area (Å²) in [6.45, 7) is 2.16. The van der Waals surface area contributed by atoms with Gasteiger partial charge in [0.15, 0.2) is 0 Å². The second-order valence-corrected chi connectivity index (χ2v) is 6.40. The number of ether oxygens (including phenoxy) is 1. The molecule has 2 aliphatic rings. The lowest BCUT2D eigenvalue weighted by molar-refractivity contribution is -0.384. The third kappa shape index (κ3) is 3.11. The van der Waals surface area contributed by atoms with Gasteiger partial charge in [-0.05, 0) is 24.5 Å². The van der Waals surface area contributed by atoms with Crippen molar-refractivity contribution in [1.29, 1.82) is 0 Å². The van der Waals surface area contributed by atoms with Crippen LogP contribution in [0.4, 0.5) is 5.69 Å². The maximum absolute atomic E-state index is 12.4. The molecule has 0 bridgehead atoms. The van der Waals surface area contributed by atoms with Gasteiger partial charge in [0.2, 0.25) is 0 Å². The van der Waals surface area contributed by atoms with Gasteiger partial charge in [0.25, 0.3) is 5.69 Å². The van der Waals surface area contributed by atoms with Crippen LogP contribution in [0.15, 0.2) is 48.6 Å². The molecule has 126 valence electrons. The molecular weight excluding hydrogens is 306 g/mol. The molecular formula is C19H21NO4. The summed E-state index contributed by atoms with van der Waals surface area (Å²) in [5.74, 6) is 0.658. The quantitative estimate of drug-likeness (QED) is 0.444. The van der Waals surface area contributed by atoms with Gasteiger partial charge >= 0.3 is 5.97 Å². The van der Waals surface area contributed by atoms with Gasteiger partial charge in [0, 0.05) is 24.0 Å². The van der Waals surface area contributed by atoms with Gasteiger partial charge in [-0.2, -0.15) is 0 Å². The number of hydrogen-bond acceptors (Lipinski definition) is 4. The Morgan fingerprint density at radius 2 is 1.83 bits per heavy atom. The summed E-state index contributed by atoms with van der Waals surface area (Å²) in [6, 6.07) is 5.57. The Morgan fingerprint density at radius 3 is 2.46 bits per heavy atom. The van der Waals surface area contributed by atoms with E-state index in [9.17, 15) is 14.9 Å². The van der Waals surface area contributed by atoms with Crippen LogP contribution in [0.2, 0.25) is 0 Å². The standard InChI is InChI=1S/C19H21NO4/c1-2-3-6-16-15-7-4-5-8-17(15)18(16)24-19(21)13-9-11-14(12-10-13)20(22)23/h4-5,7-12,15-18H,2-3,6H2,1H3/t15-,16-,17+,18+/m1/s1. The zero-order valence-corrected chi connectivity index (χ0v) is 13.6. The van der Waals surface area contributed by atoms with Crippen LogP contribution in [-0.2, 0) is 4.74 Å². The van der Waals surface area contributed by atoms with E-state index in [1.165, 1.54) is 24.3 Å². The largest absolute Gasteiger partial charge is 0.458 e. The van der Waals surface area contributed by atoms with Crippen LogP contribution in [0.25, 0.3) is 0 Å². The minimum Gasteiger partial charge on any atom is -0.458 e. The topological polar surface area (TPSA) is 69.4 Å². The van der Waals surface area contributed by atoms with Crippen molar-refractivity contribution in [1.82, 2.24) is 0 Å². The molecule has 0 aliphatic heterocycles. The number of nitrogens with zero attached hydrogens (tertiary/aromatic N) is 1. The molecule has 3 rings (SSSR count). The first kappa shape index (κ1) is 16.4. The second kappa shape index (κ2) is 6.99. The number of carbonyl (C=O) groups is 1. The third-order valence-corrected chi connectivity index (χ3v) is 4.97. The summed E-state index contributed by atoms with van der Waals surface area (Å²) in [5, 5.41) is 10.7. The molecule has 0 spiro atoms. The molecule has 0 aromatic heterocycles. The van der Waals surface area contributed by atoms with Crippen molar-refractivity contribution in [3.63, 3.8) is 0 Å². The first-order chi connectivity index (χ1) is 11.6. The Balaban J connectivity index is 1.68. The van der Waals surface area contributed by atoms with Crippen molar-refractivity contribution in [2.75, 3.05) is 0 Å². The summed E-state index contributed by atoms with van der Waals surface area (Å²) in [6.07, 6.45) is 11.6. The molecule has 4 atom stereocenters. The molecule has 0 amide bonds. The maximum Gasteiger partial charge on any atom is 0.338 e. The van der Waals surface area contributed by atoms with Crippen LogP contribution in [0.3, 0.4) is 0 Å². The normalized spacial score (nSPS) is 27.2. The van der Waals surface area contributed by atoms with Crippen molar-refractivity contribution >= 4 is 11.7 Å². The minimum absolute atomic E-state index is 0.0311. The van der Waals surface area contributed by atoms with E-state index in [1.807, 2.05) is 6.08 Å². The zero-order valence-electron chi connectivity index (χ0n) is 13.6. The molecule has 5 heteroatoms. The average Bonchev–Trinajstić information content (AvgIpc) is 2.60. The lowest BCUT2D eigenvalue weighted by Gasteiger charge is -2.50. The molecule has 2 aliphatic carbocycles. The number of non-ortho nitro benzene ring substituents is 1. The van der Waals surface area contributed by atoms with Crippen LogP contribution in [0, 0.1) is 27.9 Å². The number of carbonyl (C=O) groups excluding carboxylic acids is 1. The van der Waals surface area contributed by atoms with Crippen molar-refractivity contribution in [2.24, 2.45) is 17.8 Å². The summed E-state index contributed by atoms with van der Waals surface area (Å²) >= 11 is 0. The number of nitro groups is 1. The summed E-state index contributed by atoms with van der Waals surface area (Å²) in [7, 11) is 0. The molecule has 24 heavy (non-hydrogen) atoms. The van der Waals surface area contributed by atoms with E-state index in [1.54, 1.807) is 0 Å². The fourth-order valence-electron chi connectivity index (χ4n) is 3.63. The highest BCUT2D eigenvalue weighted by Crippen LogP contribution is 2.48.